The van der Waals surface area contributed by atoms with Gasteiger partial charge in [0.1, 0.15) is 5.82 Å². The van der Waals surface area contributed by atoms with Gasteiger partial charge in [-0.25, -0.2) is 4.98 Å². The van der Waals surface area contributed by atoms with Crippen LogP contribution < -0.4 is 10.6 Å². The Morgan fingerprint density at radius 1 is 1.12 bits per heavy atom. The number of nitrogens with one attached hydrogen (secondary N) is 2. The Kier molecular flexibility index (Phi) is 7.82. The second kappa shape index (κ2) is 10.8. The molecular weight excluding hydrogens is 420 g/mol. The summed E-state index contributed by atoms with van der Waals surface area (Å²) in [5.41, 5.74) is 3.35. The highest BCUT2D eigenvalue weighted by Gasteiger charge is 2.20. The lowest BCUT2D eigenvalue weighted by molar-refractivity contribution is -0.140. The van der Waals surface area contributed by atoms with E-state index in [1.807, 2.05) is 55.7 Å². The molecular formula is C25H30N4O4. The maximum atomic E-state index is 13.2. The van der Waals surface area contributed by atoms with E-state index in [1.54, 1.807) is 12.1 Å². The van der Waals surface area contributed by atoms with Crippen molar-refractivity contribution < 1.29 is 19.1 Å². The molecule has 0 spiro atoms. The highest BCUT2D eigenvalue weighted by atomic mass is 16.5. The third-order valence-electron chi connectivity index (χ3n) is 5.32. The van der Waals surface area contributed by atoms with Crippen LogP contribution in [-0.2, 0) is 20.9 Å². The molecule has 0 aliphatic carbocycles. The van der Waals surface area contributed by atoms with E-state index in [4.69, 9.17) is 0 Å². The Balaban J connectivity index is 1.97. The van der Waals surface area contributed by atoms with E-state index in [0.717, 1.165) is 11.4 Å². The summed E-state index contributed by atoms with van der Waals surface area (Å²) >= 11 is 0. The fourth-order valence-electron chi connectivity index (χ4n) is 3.51. The lowest BCUT2D eigenvalue weighted by atomic mass is 10.1. The number of carbonyl (C=O) groups excluding carboxylic acids is 3. The number of amides is 2. The molecule has 0 fully saturated rings. The Labute approximate surface area is 193 Å². The van der Waals surface area contributed by atoms with E-state index in [2.05, 4.69) is 20.4 Å². The van der Waals surface area contributed by atoms with E-state index in [-0.39, 0.29) is 30.1 Å². The molecule has 2 N–H and O–H groups in total. The summed E-state index contributed by atoms with van der Waals surface area (Å²) in [7, 11) is 1.34. The van der Waals surface area contributed by atoms with Crippen LogP contribution in [0.4, 0.5) is 5.69 Å². The third-order valence-corrected chi connectivity index (χ3v) is 5.32. The molecule has 1 heterocycles. The average molecular weight is 451 g/mol. The van der Waals surface area contributed by atoms with Crippen molar-refractivity contribution in [2.45, 2.75) is 40.2 Å². The third kappa shape index (κ3) is 5.97. The highest BCUT2D eigenvalue weighted by Crippen LogP contribution is 2.27. The molecule has 0 aliphatic rings. The van der Waals surface area contributed by atoms with Gasteiger partial charge in [0.25, 0.3) is 5.91 Å². The van der Waals surface area contributed by atoms with Crippen LogP contribution >= 0.6 is 0 Å². The average Bonchev–Trinajstić information content (AvgIpc) is 3.11. The van der Waals surface area contributed by atoms with Crippen LogP contribution in [0, 0.1) is 12.8 Å². The first kappa shape index (κ1) is 24.0. The van der Waals surface area contributed by atoms with Crippen molar-refractivity contribution in [2.75, 3.05) is 19.0 Å². The second-order valence-electron chi connectivity index (χ2n) is 8.20. The van der Waals surface area contributed by atoms with Crippen molar-refractivity contribution in [2.24, 2.45) is 5.92 Å². The van der Waals surface area contributed by atoms with Crippen molar-refractivity contribution in [3.05, 3.63) is 59.4 Å². The summed E-state index contributed by atoms with van der Waals surface area (Å²) in [5, 5.41) is 5.74. The molecule has 3 aromatic rings. The first-order valence-corrected chi connectivity index (χ1v) is 11.0. The summed E-state index contributed by atoms with van der Waals surface area (Å²) < 4.78 is 6.65. The topological polar surface area (TPSA) is 102 Å². The zero-order chi connectivity index (χ0) is 24.0. The summed E-state index contributed by atoms with van der Waals surface area (Å²) in [6.45, 7) is 6.39. The molecule has 2 amide bonds. The molecule has 3 rings (SSSR count). The summed E-state index contributed by atoms with van der Waals surface area (Å²) in [5.74, 6) is -0.185. The molecule has 174 valence electrons. The Morgan fingerprint density at radius 2 is 1.85 bits per heavy atom. The van der Waals surface area contributed by atoms with E-state index in [1.165, 1.54) is 7.11 Å². The molecule has 0 unspecified atom stereocenters. The number of rotatable bonds is 9. The van der Waals surface area contributed by atoms with E-state index >= 15 is 0 Å². The van der Waals surface area contributed by atoms with Crippen LogP contribution in [0.1, 0.15) is 48.4 Å². The number of nitrogens with zero attached hydrogens (tertiary/aromatic N) is 2. The number of aryl methyl sites for hydroxylation is 1. The predicted molar refractivity (Wildman–Crippen MR) is 127 cm³/mol. The fourth-order valence-corrected chi connectivity index (χ4v) is 3.51. The van der Waals surface area contributed by atoms with Gasteiger partial charge in [0.15, 0.2) is 0 Å². The first-order valence-electron chi connectivity index (χ1n) is 11.0. The zero-order valence-electron chi connectivity index (χ0n) is 19.5. The quantitative estimate of drug-likeness (QED) is 0.383. The standard InChI is InChI=1S/C25H30N4O4/c1-16(2)24(31)28-19-13-20(25(32)26-12-8-11-22(30)33-4)23-21(14-19)27-17(3)29(23)15-18-9-6-5-7-10-18/h5-7,9-10,13-14,16H,8,11-12,15H2,1-4H3,(H,26,32)(H,28,31). The fraction of sp³-hybridized carbons (Fsp3) is 0.360. The number of hydrogen-bond donors (Lipinski definition) is 2. The summed E-state index contributed by atoms with van der Waals surface area (Å²) in [6, 6.07) is 13.4. The second-order valence-corrected chi connectivity index (χ2v) is 8.20. The van der Waals surface area contributed by atoms with E-state index < -0.39 is 0 Å². The van der Waals surface area contributed by atoms with Crippen molar-refractivity contribution in [1.82, 2.24) is 14.9 Å². The zero-order valence-corrected chi connectivity index (χ0v) is 19.5. The monoisotopic (exact) mass is 450 g/mol. The van der Waals surface area contributed by atoms with Gasteiger partial charge in [0.05, 0.1) is 23.7 Å². The van der Waals surface area contributed by atoms with Crippen molar-refractivity contribution >= 4 is 34.5 Å². The van der Waals surface area contributed by atoms with Crippen LogP contribution in [0.2, 0.25) is 0 Å². The van der Waals surface area contributed by atoms with Gasteiger partial charge in [-0.3, -0.25) is 14.4 Å². The van der Waals surface area contributed by atoms with Gasteiger partial charge in [-0.1, -0.05) is 44.2 Å². The number of benzene rings is 2. The van der Waals surface area contributed by atoms with Crippen LogP contribution in [0.25, 0.3) is 11.0 Å². The minimum atomic E-state index is -0.318. The van der Waals surface area contributed by atoms with E-state index in [9.17, 15) is 14.4 Å². The maximum absolute atomic E-state index is 13.2. The smallest absolute Gasteiger partial charge is 0.305 e. The van der Waals surface area contributed by atoms with Gasteiger partial charge in [0.2, 0.25) is 5.91 Å². The molecule has 0 aliphatic heterocycles. The SMILES string of the molecule is COC(=O)CCCNC(=O)c1cc(NC(=O)C(C)C)cc2nc(C)n(Cc3ccccc3)c12. The lowest BCUT2D eigenvalue weighted by Crippen LogP contribution is -2.26. The maximum Gasteiger partial charge on any atom is 0.305 e. The van der Waals surface area contributed by atoms with Gasteiger partial charge in [0, 0.05) is 31.1 Å². The number of carbonyl (C=O) groups is 3. The Hall–Kier alpha value is -3.68. The summed E-state index contributed by atoms with van der Waals surface area (Å²) in [6.07, 6.45) is 0.690. The molecule has 0 atom stereocenters. The largest absolute Gasteiger partial charge is 0.469 e. The van der Waals surface area contributed by atoms with Crippen molar-refractivity contribution in [1.29, 1.82) is 0 Å². The van der Waals surface area contributed by atoms with Gasteiger partial charge in [-0.2, -0.15) is 0 Å². The number of aromatic nitrogens is 2. The number of imidazole rings is 1. The Bertz CT molecular complexity index is 1150. The number of methoxy groups -OCH3 is 1. The minimum absolute atomic E-state index is 0.140. The van der Waals surface area contributed by atoms with Crippen molar-refractivity contribution in [3.63, 3.8) is 0 Å². The van der Waals surface area contributed by atoms with Gasteiger partial charge in [-0.15, -0.1) is 0 Å². The number of hydrogen-bond acceptors (Lipinski definition) is 5. The van der Waals surface area contributed by atoms with Crippen LogP contribution in [0.5, 0.6) is 0 Å². The highest BCUT2D eigenvalue weighted by molar-refractivity contribution is 6.07. The predicted octanol–water partition coefficient (Wildman–Crippen LogP) is 3.67. The van der Waals surface area contributed by atoms with Crippen LogP contribution in [0.3, 0.4) is 0 Å². The minimum Gasteiger partial charge on any atom is -0.469 e. The molecule has 8 heteroatoms. The molecule has 0 saturated heterocycles. The number of anilines is 1. The van der Waals surface area contributed by atoms with Crippen LogP contribution in [0.15, 0.2) is 42.5 Å². The molecule has 1 aromatic heterocycles. The normalized spacial score (nSPS) is 10.9. The Morgan fingerprint density at radius 3 is 2.52 bits per heavy atom. The van der Waals surface area contributed by atoms with E-state index in [0.29, 0.717) is 41.8 Å². The summed E-state index contributed by atoms with van der Waals surface area (Å²) in [4.78, 5) is 41.4. The number of ether oxygens (including phenoxy) is 1. The number of esters is 1. The molecule has 2 aromatic carbocycles. The molecule has 8 nitrogen and oxygen atoms in total. The molecule has 0 radical (unpaired) electrons. The lowest BCUT2D eigenvalue weighted by Gasteiger charge is -2.14. The number of fused-ring (bicyclic) bond motifs is 1. The van der Waals surface area contributed by atoms with Gasteiger partial charge in [-0.05, 0) is 31.0 Å². The van der Waals surface area contributed by atoms with Crippen LogP contribution in [-0.4, -0.2) is 41.0 Å². The van der Waals surface area contributed by atoms with Gasteiger partial charge < -0.3 is 19.9 Å². The first-order chi connectivity index (χ1) is 15.8. The molecule has 0 bridgehead atoms. The van der Waals surface area contributed by atoms with Gasteiger partial charge >= 0.3 is 5.97 Å². The molecule has 0 saturated carbocycles. The van der Waals surface area contributed by atoms with Crippen molar-refractivity contribution in [3.8, 4) is 0 Å². The molecule has 33 heavy (non-hydrogen) atoms.